The molecular formula is C9H12ClN3OS. The van der Waals surface area contributed by atoms with Crippen LogP contribution >= 0.6 is 23.3 Å². The van der Waals surface area contributed by atoms with E-state index >= 15 is 0 Å². The minimum absolute atomic E-state index is 0.258. The van der Waals surface area contributed by atoms with Gasteiger partial charge >= 0.3 is 0 Å². The Balaban J connectivity index is 1.71. The molecule has 1 aromatic rings. The van der Waals surface area contributed by atoms with Crippen molar-refractivity contribution in [1.82, 2.24) is 13.6 Å². The molecule has 0 aromatic carbocycles. The maximum absolute atomic E-state index is 5.86. The highest BCUT2D eigenvalue weighted by atomic mass is 35.5. The third-order valence-electron chi connectivity index (χ3n) is 3.28. The van der Waals surface area contributed by atoms with Gasteiger partial charge in [-0.15, -0.1) is 4.37 Å². The summed E-state index contributed by atoms with van der Waals surface area (Å²) in [6, 6.07) is 0. The Kier molecular flexibility index (Phi) is 2.54. The molecule has 0 radical (unpaired) electrons. The number of fused-ring (bicyclic) bond motifs is 3. The summed E-state index contributed by atoms with van der Waals surface area (Å²) in [4.78, 5) is 2.44. The van der Waals surface area contributed by atoms with Crippen LogP contribution < -0.4 is 4.74 Å². The van der Waals surface area contributed by atoms with E-state index in [1.165, 1.54) is 25.9 Å². The van der Waals surface area contributed by atoms with Crippen molar-refractivity contribution < 1.29 is 4.74 Å². The van der Waals surface area contributed by atoms with Crippen LogP contribution in [0, 0.1) is 5.92 Å². The van der Waals surface area contributed by atoms with E-state index in [0.29, 0.717) is 17.0 Å². The Morgan fingerprint density at radius 2 is 2.13 bits per heavy atom. The third-order valence-corrected chi connectivity index (χ3v) is 4.14. The molecule has 82 valence electrons. The second-order valence-electron chi connectivity index (χ2n) is 4.15. The third kappa shape index (κ3) is 1.84. The quantitative estimate of drug-likeness (QED) is 0.795. The molecule has 3 saturated heterocycles. The Morgan fingerprint density at radius 3 is 2.67 bits per heavy atom. The van der Waals surface area contributed by atoms with Crippen molar-refractivity contribution in [1.29, 1.82) is 0 Å². The molecule has 3 aliphatic rings. The van der Waals surface area contributed by atoms with Crippen LogP contribution in [0.4, 0.5) is 0 Å². The second kappa shape index (κ2) is 3.88. The van der Waals surface area contributed by atoms with Crippen LogP contribution in [0.25, 0.3) is 0 Å². The molecule has 1 atom stereocenters. The molecule has 4 heterocycles. The van der Waals surface area contributed by atoms with Gasteiger partial charge in [0.05, 0.1) is 11.7 Å². The van der Waals surface area contributed by atoms with Crippen molar-refractivity contribution in [3.05, 3.63) is 5.15 Å². The minimum atomic E-state index is 0.258. The molecule has 3 aliphatic heterocycles. The fourth-order valence-corrected chi connectivity index (χ4v) is 3.05. The van der Waals surface area contributed by atoms with E-state index in [1.807, 2.05) is 0 Å². The number of aromatic nitrogens is 2. The molecule has 0 amide bonds. The number of rotatable bonds is 2. The van der Waals surface area contributed by atoms with Crippen LogP contribution in [0.5, 0.6) is 5.88 Å². The molecule has 0 saturated carbocycles. The van der Waals surface area contributed by atoms with Gasteiger partial charge < -0.3 is 4.74 Å². The van der Waals surface area contributed by atoms with E-state index in [1.54, 1.807) is 0 Å². The van der Waals surface area contributed by atoms with Crippen molar-refractivity contribution in [2.75, 3.05) is 19.6 Å². The van der Waals surface area contributed by atoms with E-state index in [4.69, 9.17) is 16.3 Å². The van der Waals surface area contributed by atoms with E-state index in [-0.39, 0.29) is 6.10 Å². The number of piperidine rings is 3. The first-order valence-corrected chi connectivity index (χ1v) is 6.31. The summed E-state index contributed by atoms with van der Waals surface area (Å²) in [5, 5.41) is 0.399. The average molecular weight is 246 g/mol. The minimum Gasteiger partial charge on any atom is -0.470 e. The van der Waals surface area contributed by atoms with E-state index in [2.05, 4.69) is 13.6 Å². The number of hydrogen-bond donors (Lipinski definition) is 0. The van der Waals surface area contributed by atoms with Crippen LogP contribution in [0.3, 0.4) is 0 Å². The van der Waals surface area contributed by atoms with Crippen LogP contribution in [0.2, 0.25) is 5.15 Å². The number of nitrogens with zero attached hydrogens (tertiary/aromatic N) is 3. The van der Waals surface area contributed by atoms with Gasteiger partial charge in [-0.3, -0.25) is 4.90 Å². The number of halogens is 1. The van der Waals surface area contributed by atoms with Gasteiger partial charge in [0.25, 0.3) is 5.88 Å². The fourth-order valence-electron chi connectivity index (χ4n) is 2.43. The molecule has 1 aromatic heterocycles. The van der Waals surface area contributed by atoms with Crippen LogP contribution in [-0.4, -0.2) is 39.4 Å². The molecule has 3 fully saturated rings. The summed E-state index contributed by atoms with van der Waals surface area (Å²) >= 11 is 6.96. The summed E-state index contributed by atoms with van der Waals surface area (Å²) in [5.41, 5.74) is 0. The Morgan fingerprint density at radius 1 is 1.33 bits per heavy atom. The molecule has 4 nitrogen and oxygen atoms in total. The summed E-state index contributed by atoms with van der Waals surface area (Å²) in [6.07, 6.45) is 2.73. The Bertz CT molecular complexity index is 351. The number of hydrogen-bond acceptors (Lipinski definition) is 5. The van der Waals surface area contributed by atoms with Gasteiger partial charge in [0.1, 0.15) is 6.10 Å². The predicted octanol–water partition coefficient (Wildman–Crippen LogP) is 1.66. The van der Waals surface area contributed by atoms with Crippen molar-refractivity contribution in [2.24, 2.45) is 5.92 Å². The molecule has 2 bridgehead atoms. The molecule has 4 rings (SSSR count). The predicted molar refractivity (Wildman–Crippen MR) is 58.5 cm³/mol. The maximum Gasteiger partial charge on any atom is 0.265 e. The van der Waals surface area contributed by atoms with Gasteiger partial charge in [-0.2, -0.15) is 4.37 Å². The molecule has 0 unspecified atom stereocenters. The van der Waals surface area contributed by atoms with Gasteiger partial charge in [-0.05, 0) is 31.8 Å². The Hall–Kier alpha value is -0.390. The van der Waals surface area contributed by atoms with E-state index in [9.17, 15) is 0 Å². The summed E-state index contributed by atoms with van der Waals surface area (Å²) in [7, 11) is 0. The van der Waals surface area contributed by atoms with Crippen molar-refractivity contribution >= 4 is 23.3 Å². The lowest BCUT2D eigenvalue weighted by Crippen LogP contribution is -2.52. The Labute approximate surface area is 97.5 Å². The molecule has 15 heavy (non-hydrogen) atoms. The lowest BCUT2D eigenvalue weighted by atomic mass is 9.86. The molecule has 0 spiro atoms. The largest absolute Gasteiger partial charge is 0.470 e. The van der Waals surface area contributed by atoms with Crippen molar-refractivity contribution in [3.63, 3.8) is 0 Å². The topological polar surface area (TPSA) is 38.3 Å². The highest BCUT2D eigenvalue weighted by Crippen LogP contribution is 2.32. The highest BCUT2D eigenvalue weighted by molar-refractivity contribution is 6.99. The van der Waals surface area contributed by atoms with Gasteiger partial charge in [-0.1, -0.05) is 11.6 Å². The fraction of sp³-hybridized carbons (Fsp3) is 0.778. The van der Waals surface area contributed by atoms with Crippen LogP contribution in [-0.2, 0) is 0 Å². The van der Waals surface area contributed by atoms with Crippen molar-refractivity contribution in [3.8, 4) is 5.88 Å². The number of ether oxygens (including phenoxy) is 1. The first-order valence-electron chi connectivity index (χ1n) is 5.20. The SMILES string of the molecule is Clc1nsnc1O[C@H]1CN2CCC1CC2. The van der Waals surface area contributed by atoms with Gasteiger partial charge in [0.2, 0.25) is 5.15 Å². The van der Waals surface area contributed by atoms with Crippen LogP contribution in [0.1, 0.15) is 12.8 Å². The normalized spacial score (nSPS) is 34.3. The summed E-state index contributed by atoms with van der Waals surface area (Å²) in [5.74, 6) is 1.19. The lowest BCUT2D eigenvalue weighted by Gasteiger charge is -2.43. The molecule has 6 heteroatoms. The van der Waals surface area contributed by atoms with Gasteiger partial charge in [0.15, 0.2) is 0 Å². The standard InChI is InChI=1S/C9H12ClN3OS/c10-8-9(12-15-11-8)14-7-5-13-3-1-6(7)2-4-13/h6-7H,1-5H2/t7-/m0/s1. The van der Waals surface area contributed by atoms with Gasteiger partial charge in [-0.25, -0.2) is 0 Å². The zero-order valence-electron chi connectivity index (χ0n) is 8.23. The summed E-state index contributed by atoms with van der Waals surface area (Å²) in [6.45, 7) is 3.44. The monoisotopic (exact) mass is 245 g/mol. The first kappa shape index (κ1) is 9.81. The van der Waals surface area contributed by atoms with Gasteiger partial charge in [0, 0.05) is 6.54 Å². The zero-order valence-corrected chi connectivity index (χ0v) is 9.80. The first-order chi connectivity index (χ1) is 7.33. The maximum atomic E-state index is 5.86. The summed E-state index contributed by atoms with van der Waals surface area (Å²) < 4.78 is 13.8. The molecular weight excluding hydrogens is 234 g/mol. The highest BCUT2D eigenvalue weighted by Gasteiger charge is 2.36. The van der Waals surface area contributed by atoms with Crippen molar-refractivity contribution in [2.45, 2.75) is 18.9 Å². The average Bonchev–Trinajstić information content (AvgIpc) is 2.66. The smallest absolute Gasteiger partial charge is 0.265 e. The lowest BCUT2D eigenvalue weighted by molar-refractivity contribution is -0.00950. The zero-order chi connectivity index (χ0) is 10.3. The molecule has 0 N–H and O–H groups in total. The van der Waals surface area contributed by atoms with Crippen LogP contribution in [0.15, 0.2) is 0 Å². The van der Waals surface area contributed by atoms with E-state index in [0.717, 1.165) is 18.3 Å². The second-order valence-corrected chi connectivity index (χ2v) is 5.04. The molecule has 0 aliphatic carbocycles. The van der Waals surface area contributed by atoms with E-state index < -0.39 is 0 Å².